The van der Waals surface area contributed by atoms with Crippen LogP contribution >= 0.6 is 0 Å². The lowest BCUT2D eigenvalue weighted by Gasteiger charge is -2.09. The third-order valence-electron chi connectivity index (χ3n) is 8.04. The molecule has 0 spiro atoms. The van der Waals surface area contributed by atoms with E-state index in [1.807, 2.05) is 0 Å². The number of carbonyl (C=O) groups excluding carboxylic acids is 2. The van der Waals surface area contributed by atoms with E-state index in [2.05, 4.69) is 11.7 Å². The molecule has 0 N–H and O–H groups in total. The molecule has 0 aliphatic rings. The fourth-order valence-corrected chi connectivity index (χ4v) is 4.99. The average Bonchev–Trinajstić information content (AvgIpc) is 3.18. The number of hydrogen-bond donors (Lipinski definition) is 0. The Bertz CT molecular complexity index is 1090. The second-order valence-electron chi connectivity index (χ2n) is 12.6. The maximum atomic E-state index is 13.6. The summed E-state index contributed by atoms with van der Waals surface area (Å²) in [6.07, 6.45) is 16.5. The second-order valence-corrected chi connectivity index (χ2v) is 12.6. The molecule has 16 heteroatoms. The number of esters is 2. The van der Waals surface area contributed by atoms with Gasteiger partial charge in [-0.25, -0.2) is 13.2 Å². The SMILES string of the molecule is CCCCCCCCCCCCCCCC(=O)OCCOCCOCCOCCOCCOCCOCCOCCC(=O)Oc1c(F)c(F)c(F)c(F)c1F. The first-order valence-corrected chi connectivity index (χ1v) is 19.7. The molecule has 0 aromatic heterocycles. The number of hydrogen-bond acceptors (Lipinski definition) is 11. The second kappa shape index (κ2) is 35.9. The molecular weight excluding hydrogens is 739 g/mol. The Labute approximate surface area is 323 Å². The Hall–Kier alpha value is -2.47. The van der Waals surface area contributed by atoms with Crippen LogP contribution in [0.1, 0.15) is 103 Å². The predicted molar refractivity (Wildman–Crippen MR) is 193 cm³/mol. The minimum atomic E-state index is -2.35. The van der Waals surface area contributed by atoms with Gasteiger partial charge in [0.1, 0.15) is 6.61 Å². The van der Waals surface area contributed by atoms with E-state index < -0.39 is 47.2 Å². The zero-order valence-electron chi connectivity index (χ0n) is 32.6. The number of benzene rings is 1. The summed E-state index contributed by atoms with van der Waals surface area (Å²) in [5.74, 6) is -14.3. The highest BCUT2D eigenvalue weighted by atomic mass is 19.2. The van der Waals surface area contributed by atoms with Crippen molar-refractivity contribution in [2.24, 2.45) is 0 Å². The molecule has 1 rings (SSSR count). The van der Waals surface area contributed by atoms with Crippen LogP contribution in [0, 0.1) is 29.1 Å². The van der Waals surface area contributed by atoms with Gasteiger partial charge in [0.05, 0.1) is 98.9 Å². The molecule has 0 heterocycles. The Morgan fingerprint density at radius 3 is 1.05 bits per heavy atom. The van der Waals surface area contributed by atoms with Crippen molar-refractivity contribution in [1.82, 2.24) is 0 Å². The molecule has 0 aliphatic carbocycles. The van der Waals surface area contributed by atoms with Crippen molar-refractivity contribution in [3.63, 3.8) is 0 Å². The smallest absolute Gasteiger partial charge is 0.313 e. The maximum Gasteiger partial charge on any atom is 0.313 e. The van der Waals surface area contributed by atoms with E-state index in [9.17, 15) is 31.5 Å². The van der Waals surface area contributed by atoms with E-state index in [-0.39, 0.29) is 39.0 Å². The summed E-state index contributed by atoms with van der Waals surface area (Å²) in [7, 11) is 0. The summed E-state index contributed by atoms with van der Waals surface area (Å²) in [6, 6.07) is 0. The normalized spacial score (nSPS) is 11.4. The number of unbranched alkanes of at least 4 members (excludes halogenated alkanes) is 12. The zero-order chi connectivity index (χ0) is 40.2. The largest absolute Gasteiger partial charge is 0.463 e. The molecule has 0 radical (unpaired) electrons. The van der Waals surface area contributed by atoms with Crippen LogP contribution in [-0.2, 0) is 47.5 Å². The van der Waals surface area contributed by atoms with E-state index in [0.717, 1.165) is 12.8 Å². The first-order valence-electron chi connectivity index (χ1n) is 19.7. The van der Waals surface area contributed by atoms with Crippen LogP contribution in [0.25, 0.3) is 0 Å². The third-order valence-corrected chi connectivity index (χ3v) is 8.04. The maximum absolute atomic E-state index is 13.6. The van der Waals surface area contributed by atoms with Crippen molar-refractivity contribution >= 4 is 11.9 Å². The summed E-state index contributed by atoms with van der Waals surface area (Å²) in [6.45, 7) is 6.61. The number of halogens is 5. The van der Waals surface area contributed by atoms with Gasteiger partial charge in [0, 0.05) is 6.42 Å². The van der Waals surface area contributed by atoms with Crippen LogP contribution in [0.2, 0.25) is 0 Å². The van der Waals surface area contributed by atoms with E-state index in [1.165, 1.54) is 70.6 Å². The highest BCUT2D eigenvalue weighted by Crippen LogP contribution is 2.29. The Morgan fingerprint density at radius 1 is 0.364 bits per heavy atom. The number of carbonyl (C=O) groups is 2. The van der Waals surface area contributed by atoms with Gasteiger partial charge >= 0.3 is 11.9 Å². The molecule has 0 atom stereocenters. The summed E-state index contributed by atoms with van der Waals surface area (Å²) in [5, 5.41) is 0. The molecule has 0 unspecified atom stereocenters. The minimum absolute atomic E-state index is 0.0793. The summed E-state index contributed by atoms with van der Waals surface area (Å²) >= 11 is 0. The van der Waals surface area contributed by atoms with E-state index in [4.69, 9.17) is 37.9 Å². The lowest BCUT2D eigenvalue weighted by molar-refractivity contribution is -0.145. The van der Waals surface area contributed by atoms with Gasteiger partial charge < -0.3 is 42.6 Å². The molecule has 0 amide bonds. The fourth-order valence-electron chi connectivity index (χ4n) is 4.99. The van der Waals surface area contributed by atoms with Gasteiger partial charge in [0.25, 0.3) is 0 Å². The molecule has 1 aromatic carbocycles. The third kappa shape index (κ3) is 27.7. The first kappa shape index (κ1) is 50.5. The van der Waals surface area contributed by atoms with Crippen molar-refractivity contribution in [2.45, 2.75) is 103 Å². The Kier molecular flexibility index (Phi) is 33.0. The highest BCUT2D eigenvalue weighted by Gasteiger charge is 2.28. The molecule has 0 saturated heterocycles. The van der Waals surface area contributed by atoms with E-state index >= 15 is 0 Å². The van der Waals surface area contributed by atoms with Gasteiger partial charge in [-0.05, 0) is 6.42 Å². The lowest BCUT2D eigenvalue weighted by atomic mass is 10.0. The van der Waals surface area contributed by atoms with Crippen molar-refractivity contribution in [3.8, 4) is 5.75 Å². The monoisotopic (exact) mass is 802 g/mol. The van der Waals surface area contributed by atoms with Crippen LogP contribution < -0.4 is 4.74 Å². The van der Waals surface area contributed by atoms with Gasteiger partial charge in [-0.3, -0.25) is 9.59 Å². The van der Waals surface area contributed by atoms with Crippen molar-refractivity contribution in [2.75, 3.05) is 99.1 Å². The van der Waals surface area contributed by atoms with Crippen molar-refractivity contribution in [1.29, 1.82) is 0 Å². The minimum Gasteiger partial charge on any atom is -0.463 e. The molecule has 11 nitrogen and oxygen atoms in total. The van der Waals surface area contributed by atoms with Crippen molar-refractivity contribution in [3.05, 3.63) is 29.1 Å². The molecule has 0 bridgehead atoms. The fraction of sp³-hybridized carbons (Fsp3) is 0.795. The summed E-state index contributed by atoms with van der Waals surface area (Å²) in [5.41, 5.74) is 0. The van der Waals surface area contributed by atoms with Crippen LogP contribution in [0.15, 0.2) is 0 Å². The molecule has 1 aromatic rings. The van der Waals surface area contributed by atoms with Gasteiger partial charge in [-0.15, -0.1) is 0 Å². The average molecular weight is 803 g/mol. The van der Waals surface area contributed by atoms with Gasteiger partial charge in [-0.1, -0.05) is 84.0 Å². The van der Waals surface area contributed by atoms with Crippen LogP contribution in [0.3, 0.4) is 0 Å². The molecule has 320 valence electrons. The lowest BCUT2D eigenvalue weighted by Crippen LogP contribution is -2.16. The Balaban J connectivity index is 1.75. The quantitative estimate of drug-likeness (QED) is 0.0162. The Morgan fingerprint density at radius 2 is 0.673 bits per heavy atom. The topological polar surface area (TPSA) is 117 Å². The van der Waals surface area contributed by atoms with Gasteiger partial charge in [0.2, 0.25) is 34.8 Å². The molecule has 0 saturated carbocycles. The van der Waals surface area contributed by atoms with Crippen LogP contribution in [0.5, 0.6) is 5.75 Å². The van der Waals surface area contributed by atoms with Gasteiger partial charge in [-0.2, -0.15) is 8.78 Å². The molecule has 0 aliphatic heterocycles. The first-order chi connectivity index (χ1) is 26.8. The van der Waals surface area contributed by atoms with Gasteiger partial charge in [0.15, 0.2) is 0 Å². The van der Waals surface area contributed by atoms with E-state index in [0.29, 0.717) is 72.5 Å². The van der Waals surface area contributed by atoms with Crippen LogP contribution in [0.4, 0.5) is 22.0 Å². The number of ether oxygens (including phenoxy) is 9. The molecular formula is C39H63F5O11. The predicted octanol–water partition coefficient (Wildman–Crippen LogP) is 7.82. The zero-order valence-corrected chi connectivity index (χ0v) is 32.6. The molecule has 0 fully saturated rings. The summed E-state index contributed by atoms with van der Waals surface area (Å²) < 4.78 is 114. The molecule has 55 heavy (non-hydrogen) atoms. The summed E-state index contributed by atoms with van der Waals surface area (Å²) in [4.78, 5) is 23.5. The van der Waals surface area contributed by atoms with E-state index in [1.54, 1.807) is 0 Å². The van der Waals surface area contributed by atoms with Crippen molar-refractivity contribution < 1.29 is 74.2 Å². The highest BCUT2D eigenvalue weighted by molar-refractivity contribution is 5.72. The number of rotatable bonds is 39. The standard InChI is InChI=1S/C39H63F5O11/c1-2-3-4-5-6-7-8-9-10-11-12-13-14-15-32(45)54-31-30-53-29-28-52-27-26-51-25-24-50-23-22-49-21-20-48-19-18-47-17-16-33(46)55-39-37(43)35(41)34(40)36(42)38(39)44/h2-31H2,1H3. The van der Waals surface area contributed by atoms with Crippen LogP contribution in [-0.4, -0.2) is 111 Å².